The molecule has 3 rings (SSSR count). The number of aliphatic carboxylic acids is 1. The Hall–Kier alpha value is -4.35. The SMILES string of the molecule is CC(C)C(NC(=O)C1CCCN1C(=O)OCc1ccccc1)C(=O)C(F)(F)C(=O)NC(Cc1ccccc1)C(=O)O. The standard InChI is InChI=1S/C29H33F2N3O7/c1-18(2)23(24(35)29(30,31)27(39)32-21(26(37)38)16-19-10-5-3-6-11-19)33-25(36)22-14-9-15-34(22)28(40)41-17-20-12-7-4-8-13-20/h3-8,10-13,18,21-23H,9,14-17H2,1-2H3,(H,32,39)(H,33,36)(H,37,38). The molecule has 0 saturated carbocycles. The topological polar surface area (TPSA) is 142 Å². The number of ketones is 1. The molecule has 1 fully saturated rings. The molecule has 1 heterocycles. The molecule has 2 aromatic carbocycles. The summed E-state index contributed by atoms with van der Waals surface area (Å²) in [5, 5.41) is 13.5. The van der Waals surface area contributed by atoms with Crippen LogP contribution in [0.3, 0.4) is 0 Å². The normalized spacial score (nSPS) is 16.5. The van der Waals surface area contributed by atoms with Crippen LogP contribution >= 0.6 is 0 Å². The number of Topliss-reactive ketones (excluding diaryl/α,β-unsaturated/α-hetero) is 1. The van der Waals surface area contributed by atoms with Crippen molar-refractivity contribution < 1.29 is 42.6 Å². The Morgan fingerprint density at radius 1 is 0.976 bits per heavy atom. The molecule has 10 nitrogen and oxygen atoms in total. The van der Waals surface area contributed by atoms with E-state index in [9.17, 15) is 29.1 Å². The molecule has 1 saturated heterocycles. The Balaban J connectivity index is 1.66. The summed E-state index contributed by atoms with van der Waals surface area (Å²) in [6.45, 7) is 2.99. The first-order valence-corrected chi connectivity index (χ1v) is 13.2. The lowest BCUT2D eigenvalue weighted by Crippen LogP contribution is -2.60. The van der Waals surface area contributed by atoms with Gasteiger partial charge in [-0.05, 0) is 29.9 Å². The van der Waals surface area contributed by atoms with Crippen molar-refractivity contribution in [2.45, 2.75) is 63.8 Å². The highest BCUT2D eigenvalue weighted by molar-refractivity contribution is 6.11. The number of hydrogen-bond donors (Lipinski definition) is 3. The molecule has 3 unspecified atom stereocenters. The van der Waals surface area contributed by atoms with Gasteiger partial charge in [-0.1, -0.05) is 74.5 Å². The summed E-state index contributed by atoms with van der Waals surface area (Å²) >= 11 is 0. The van der Waals surface area contributed by atoms with Crippen LogP contribution in [0.2, 0.25) is 0 Å². The van der Waals surface area contributed by atoms with Gasteiger partial charge in [0, 0.05) is 13.0 Å². The molecule has 0 aliphatic carbocycles. The van der Waals surface area contributed by atoms with Crippen molar-refractivity contribution in [1.29, 1.82) is 0 Å². The Morgan fingerprint density at radius 2 is 1.56 bits per heavy atom. The average Bonchev–Trinajstić information content (AvgIpc) is 3.45. The summed E-state index contributed by atoms with van der Waals surface area (Å²) in [5.41, 5.74) is 1.21. The maximum absolute atomic E-state index is 15.1. The van der Waals surface area contributed by atoms with Crippen molar-refractivity contribution in [3.8, 4) is 0 Å². The largest absolute Gasteiger partial charge is 0.480 e. The zero-order chi connectivity index (χ0) is 30.2. The lowest BCUT2D eigenvalue weighted by atomic mass is 9.94. The molecular weight excluding hydrogens is 540 g/mol. The van der Waals surface area contributed by atoms with E-state index < -0.39 is 59.6 Å². The lowest BCUT2D eigenvalue weighted by molar-refractivity contribution is -0.163. The van der Waals surface area contributed by atoms with Gasteiger partial charge in [-0.15, -0.1) is 0 Å². The second-order valence-corrected chi connectivity index (χ2v) is 10.1. The van der Waals surface area contributed by atoms with E-state index in [1.54, 1.807) is 66.0 Å². The van der Waals surface area contributed by atoms with Crippen LogP contribution in [0.5, 0.6) is 0 Å². The molecule has 220 valence electrons. The van der Waals surface area contributed by atoms with Crippen molar-refractivity contribution >= 4 is 29.7 Å². The van der Waals surface area contributed by atoms with Crippen LogP contribution in [0.25, 0.3) is 0 Å². The second kappa shape index (κ2) is 13.8. The minimum Gasteiger partial charge on any atom is -0.480 e. The summed E-state index contributed by atoms with van der Waals surface area (Å²) in [5.74, 6) is -11.9. The van der Waals surface area contributed by atoms with Crippen molar-refractivity contribution in [3.05, 3.63) is 71.8 Å². The number of carbonyl (C=O) groups is 5. The molecule has 41 heavy (non-hydrogen) atoms. The van der Waals surface area contributed by atoms with E-state index >= 15 is 8.78 Å². The first-order valence-electron chi connectivity index (χ1n) is 13.2. The molecule has 3 amide bonds. The Kier molecular flexibility index (Phi) is 10.5. The summed E-state index contributed by atoms with van der Waals surface area (Å²) in [7, 11) is 0. The van der Waals surface area contributed by atoms with E-state index in [1.807, 2.05) is 0 Å². The van der Waals surface area contributed by atoms with Gasteiger partial charge in [-0.2, -0.15) is 8.78 Å². The van der Waals surface area contributed by atoms with Crippen molar-refractivity contribution in [3.63, 3.8) is 0 Å². The number of amides is 3. The maximum Gasteiger partial charge on any atom is 0.410 e. The predicted octanol–water partition coefficient (Wildman–Crippen LogP) is 2.94. The van der Waals surface area contributed by atoms with E-state index in [2.05, 4.69) is 5.32 Å². The zero-order valence-electron chi connectivity index (χ0n) is 22.7. The van der Waals surface area contributed by atoms with Gasteiger partial charge in [-0.25, -0.2) is 9.59 Å². The number of alkyl halides is 2. The monoisotopic (exact) mass is 573 g/mol. The highest BCUT2D eigenvalue weighted by Crippen LogP contribution is 2.24. The van der Waals surface area contributed by atoms with E-state index in [4.69, 9.17) is 4.74 Å². The van der Waals surface area contributed by atoms with Crippen LogP contribution in [0.15, 0.2) is 60.7 Å². The number of benzene rings is 2. The van der Waals surface area contributed by atoms with Gasteiger partial charge >= 0.3 is 18.0 Å². The minimum atomic E-state index is -4.64. The van der Waals surface area contributed by atoms with Crippen LogP contribution in [0.1, 0.15) is 37.8 Å². The number of ether oxygens (including phenoxy) is 1. The number of likely N-dealkylation sites (tertiary alicyclic amines) is 1. The van der Waals surface area contributed by atoms with Crippen molar-refractivity contribution in [2.75, 3.05) is 6.54 Å². The van der Waals surface area contributed by atoms with Gasteiger partial charge < -0.3 is 20.5 Å². The molecule has 1 aliphatic rings. The number of carboxylic acids is 1. The molecule has 0 aromatic heterocycles. The van der Waals surface area contributed by atoms with Crippen LogP contribution in [0.4, 0.5) is 13.6 Å². The van der Waals surface area contributed by atoms with Gasteiger partial charge in [0.1, 0.15) is 18.7 Å². The molecule has 12 heteroatoms. The first-order chi connectivity index (χ1) is 19.4. The fourth-order valence-corrected chi connectivity index (χ4v) is 4.45. The highest BCUT2D eigenvalue weighted by atomic mass is 19.3. The van der Waals surface area contributed by atoms with Gasteiger partial charge in [0.15, 0.2) is 0 Å². The van der Waals surface area contributed by atoms with Crippen LogP contribution in [-0.2, 0) is 36.9 Å². The molecular formula is C29H33F2N3O7. The molecule has 3 atom stereocenters. The Labute approximate surface area is 236 Å². The summed E-state index contributed by atoms with van der Waals surface area (Å²) < 4.78 is 35.5. The Morgan fingerprint density at radius 3 is 2.12 bits per heavy atom. The number of nitrogens with one attached hydrogen (secondary N) is 2. The van der Waals surface area contributed by atoms with E-state index in [0.717, 1.165) is 5.56 Å². The van der Waals surface area contributed by atoms with Crippen molar-refractivity contribution in [2.24, 2.45) is 5.92 Å². The molecule has 0 radical (unpaired) electrons. The third-order valence-corrected chi connectivity index (χ3v) is 6.72. The smallest absolute Gasteiger partial charge is 0.410 e. The molecule has 0 bridgehead atoms. The average molecular weight is 574 g/mol. The highest BCUT2D eigenvalue weighted by Gasteiger charge is 2.52. The molecule has 0 spiro atoms. The second-order valence-electron chi connectivity index (χ2n) is 10.1. The third kappa shape index (κ3) is 8.09. The fraction of sp³-hybridized carbons (Fsp3) is 0.414. The predicted molar refractivity (Wildman–Crippen MR) is 143 cm³/mol. The molecule has 1 aliphatic heterocycles. The lowest BCUT2D eigenvalue weighted by Gasteiger charge is -2.29. The van der Waals surface area contributed by atoms with Gasteiger partial charge in [0.2, 0.25) is 11.7 Å². The van der Waals surface area contributed by atoms with E-state index in [-0.39, 0.29) is 26.0 Å². The summed E-state index contributed by atoms with van der Waals surface area (Å²) in [6, 6.07) is 12.4. The number of carboxylic acid groups (broad SMARTS) is 1. The maximum atomic E-state index is 15.1. The summed E-state index contributed by atoms with van der Waals surface area (Å²) in [6.07, 6.45) is -0.368. The van der Waals surface area contributed by atoms with Crippen LogP contribution < -0.4 is 10.6 Å². The van der Waals surface area contributed by atoms with Gasteiger partial charge in [0.25, 0.3) is 5.91 Å². The zero-order valence-corrected chi connectivity index (χ0v) is 22.7. The van der Waals surface area contributed by atoms with Gasteiger partial charge in [0.05, 0.1) is 6.04 Å². The minimum absolute atomic E-state index is 0.0272. The van der Waals surface area contributed by atoms with E-state index in [1.165, 1.54) is 18.7 Å². The molecule has 2 aromatic rings. The number of nitrogens with zero attached hydrogens (tertiary/aromatic N) is 1. The number of hydrogen-bond acceptors (Lipinski definition) is 6. The van der Waals surface area contributed by atoms with E-state index in [0.29, 0.717) is 12.0 Å². The van der Waals surface area contributed by atoms with Crippen LogP contribution in [-0.4, -0.2) is 70.3 Å². The quantitative estimate of drug-likeness (QED) is 0.332. The summed E-state index contributed by atoms with van der Waals surface area (Å²) in [4.78, 5) is 63.9. The molecule has 3 N–H and O–H groups in total. The van der Waals surface area contributed by atoms with Crippen LogP contribution in [0, 0.1) is 5.92 Å². The third-order valence-electron chi connectivity index (χ3n) is 6.72. The van der Waals surface area contributed by atoms with Gasteiger partial charge in [-0.3, -0.25) is 19.3 Å². The van der Waals surface area contributed by atoms with Crippen molar-refractivity contribution in [1.82, 2.24) is 15.5 Å². The Bertz CT molecular complexity index is 1240. The number of rotatable bonds is 12. The first kappa shape index (κ1) is 31.2. The number of carbonyl (C=O) groups excluding carboxylic acids is 4. The fourth-order valence-electron chi connectivity index (χ4n) is 4.45. The number of halogens is 2.